The molecule has 0 saturated heterocycles. The maximum Gasteiger partial charge on any atom is 0.287 e. The van der Waals surface area contributed by atoms with Crippen molar-refractivity contribution in [2.24, 2.45) is 5.92 Å². The van der Waals surface area contributed by atoms with Crippen LogP contribution in [0.1, 0.15) is 30.0 Å². The van der Waals surface area contributed by atoms with Gasteiger partial charge in [0.2, 0.25) is 5.91 Å². The van der Waals surface area contributed by atoms with Crippen molar-refractivity contribution in [2.45, 2.75) is 26.4 Å². The first-order valence-electron chi connectivity index (χ1n) is 8.67. The second kappa shape index (κ2) is 9.12. The molecule has 2 amide bonds. The molecule has 2 aromatic rings. The normalized spacial score (nSPS) is 11.8. The van der Waals surface area contributed by atoms with Crippen LogP contribution in [-0.4, -0.2) is 44.0 Å². The van der Waals surface area contributed by atoms with Crippen LogP contribution in [0, 0.1) is 5.92 Å². The Kier molecular flexibility index (Phi) is 6.87. The number of nitrogens with one attached hydrogen (secondary N) is 1. The molecular weight excluding hydrogens is 348 g/mol. The number of methoxy groups -OCH3 is 2. The summed E-state index contributed by atoms with van der Waals surface area (Å²) in [6.45, 7) is 4.10. The summed E-state index contributed by atoms with van der Waals surface area (Å²) >= 11 is 0. The minimum absolute atomic E-state index is 0.0865. The smallest absolute Gasteiger partial charge is 0.287 e. The lowest BCUT2D eigenvalue weighted by Crippen LogP contribution is -2.50. The van der Waals surface area contributed by atoms with Gasteiger partial charge in [-0.25, -0.2) is 0 Å². The first-order valence-corrected chi connectivity index (χ1v) is 8.67. The van der Waals surface area contributed by atoms with E-state index in [0.717, 1.165) is 5.56 Å². The number of carbonyl (C=O) groups is 2. The number of likely N-dealkylation sites (N-methyl/N-ethyl adjacent to an activating group) is 1. The van der Waals surface area contributed by atoms with Crippen LogP contribution in [0.4, 0.5) is 0 Å². The minimum Gasteiger partial charge on any atom is -0.497 e. The molecule has 146 valence electrons. The van der Waals surface area contributed by atoms with Crippen molar-refractivity contribution in [3.8, 4) is 11.5 Å². The summed E-state index contributed by atoms with van der Waals surface area (Å²) in [6, 6.07) is 7.96. The molecule has 1 atom stereocenters. The molecule has 0 bridgehead atoms. The fourth-order valence-corrected chi connectivity index (χ4v) is 2.69. The van der Waals surface area contributed by atoms with Crippen molar-refractivity contribution in [3.63, 3.8) is 0 Å². The second-order valence-corrected chi connectivity index (χ2v) is 6.54. The van der Waals surface area contributed by atoms with Crippen LogP contribution in [0.2, 0.25) is 0 Å². The first kappa shape index (κ1) is 20.4. The topological polar surface area (TPSA) is 81.0 Å². The molecule has 0 fully saturated rings. The zero-order valence-electron chi connectivity index (χ0n) is 16.3. The summed E-state index contributed by atoms with van der Waals surface area (Å²) in [6.07, 6.45) is 1.42. The third-order valence-electron chi connectivity index (χ3n) is 4.24. The number of hydrogen-bond donors (Lipinski definition) is 1. The van der Waals surface area contributed by atoms with E-state index in [9.17, 15) is 9.59 Å². The van der Waals surface area contributed by atoms with Crippen LogP contribution in [0.15, 0.2) is 41.0 Å². The predicted molar refractivity (Wildman–Crippen MR) is 101 cm³/mol. The monoisotopic (exact) mass is 374 g/mol. The Balaban J connectivity index is 2.12. The van der Waals surface area contributed by atoms with Crippen LogP contribution in [0.3, 0.4) is 0 Å². The number of furan rings is 1. The quantitative estimate of drug-likeness (QED) is 0.768. The van der Waals surface area contributed by atoms with Gasteiger partial charge in [-0.15, -0.1) is 0 Å². The van der Waals surface area contributed by atoms with E-state index in [-0.39, 0.29) is 17.6 Å². The van der Waals surface area contributed by atoms with Gasteiger partial charge in [-0.1, -0.05) is 13.8 Å². The molecule has 0 aliphatic heterocycles. The van der Waals surface area contributed by atoms with Crippen molar-refractivity contribution in [1.29, 1.82) is 0 Å². The van der Waals surface area contributed by atoms with Crippen LogP contribution in [-0.2, 0) is 11.3 Å². The highest BCUT2D eigenvalue weighted by molar-refractivity contribution is 5.95. The molecule has 7 heteroatoms. The van der Waals surface area contributed by atoms with Gasteiger partial charge in [0.05, 0.1) is 20.5 Å². The zero-order chi connectivity index (χ0) is 20.0. The van der Waals surface area contributed by atoms with Gasteiger partial charge in [-0.2, -0.15) is 0 Å². The van der Waals surface area contributed by atoms with Crippen LogP contribution in [0.25, 0.3) is 0 Å². The Morgan fingerprint density at radius 2 is 1.93 bits per heavy atom. The Morgan fingerprint density at radius 3 is 2.48 bits per heavy atom. The van der Waals surface area contributed by atoms with E-state index in [1.807, 2.05) is 26.0 Å². The molecule has 0 radical (unpaired) electrons. The lowest BCUT2D eigenvalue weighted by molar-refractivity contribution is -0.133. The van der Waals surface area contributed by atoms with Gasteiger partial charge in [-0.05, 0) is 30.2 Å². The van der Waals surface area contributed by atoms with Crippen molar-refractivity contribution in [2.75, 3.05) is 21.3 Å². The number of carbonyl (C=O) groups excluding carboxylic acids is 2. The van der Waals surface area contributed by atoms with Crippen molar-refractivity contribution >= 4 is 11.8 Å². The Morgan fingerprint density at radius 1 is 1.19 bits per heavy atom. The largest absolute Gasteiger partial charge is 0.497 e. The third kappa shape index (κ3) is 5.03. The highest BCUT2D eigenvalue weighted by atomic mass is 16.5. The van der Waals surface area contributed by atoms with E-state index in [4.69, 9.17) is 13.9 Å². The molecule has 1 N–H and O–H groups in total. The van der Waals surface area contributed by atoms with Gasteiger partial charge in [0.15, 0.2) is 5.76 Å². The summed E-state index contributed by atoms with van der Waals surface area (Å²) in [5.74, 6) is 0.792. The zero-order valence-corrected chi connectivity index (χ0v) is 16.3. The molecule has 27 heavy (non-hydrogen) atoms. The SMILES string of the molecule is COc1ccc(CN(C)C(=O)C(NC(=O)c2ccco2)C(C)C)c(OC)c1. The van der Waals surface area contributed by atoms with Crippen molar-refractivity contribution in [1.82, 2.24) is 10.2 Å². The summed E-state index contributed by atoms with van der Waals surface area (Å²) in [4.78, 5) is 26.8. The van der Waals surface area contributed by atoms with Crippen LogP contribution in [0.5, 0.6) is 11.5 Å². The molecule has 1 unspecified atom stereocenters. The minimum atomic E-state index is -0.670. The van der Waals surface area contributed by atoms with Gasteiger partial charge >= 0.3 is 0 Å². The number of rotatable bonds is 8. The van der Waals surface area contributed by atoms with Gasteiger partial charge in [-0.3, -0.25) is 9.59 Å². The summed E-state index contributed by atoms with van der Waals surface area (Å²) < 4.78 is 15.7. The molecule has 7 nitrogen and oxygen atoms in total. The molecule has 1 aromatic heterocycles. The average Bonchev–Trinajstić information content (AvgIpc) is 3.20. The molecule has 0 aliphatic rings. The van der Waals surface area contributed by atoms with Gasteiger partial charge in [0.1, 0.15) is 17.5 Å². The Labute approximate surface area is 159 Å². The van der Waals surface area contributed by atoms with Crippen LogP contribution < -0.4 is 14.8 Å². The Hall–Kier alpha value is -2.96. The summed E-state index contributed by atoms with van der Waals surface area (Å²) in [5, 5.41) is 2.76. The number of ether oxygens (including phenoxy) is 2. The third-order valence-corrected chi connectivity index (χ3v) is 4.24. The number of benzene rings is 1. The fourth-order valence-electron chi connectivity index (χ4n) is 2.69. The van der Waals surface area contributed by atoms with E-state index in [2.05, 4.69) is 5.32 Å². The first-order chi connectivity index (χ1) is 12.9. The van der Waals surface area contributed by atoms with Crippen molar-refractivity contribution in [3.05, 3.63) is 47.9 Å². The summed E-state index contributed by atoms with van der Waals surface area (Å²) in [7, 11) is 4.85. The van der Waals surface area contributed by atoms with E-state index in [1.54, 1.807) is 44.4 Å². The Bertz CT molecular complexity index is 771. The lowest BCUT2D eigenvalue weighted by atomic mass is 10.0. The number of nitrogens with zero attached hydrogens (tertiary/aromatic N) is 1. The van der Waals surface area contributed by atoms with Gasteiger partial charge < -0.3 is 24.1 Å². The molecule has 2 rings (SSSR count). The average molecular weight is 374 g/mol. The van der Waals surface area contributed by atoms with E-state index in [1.165, 1.54) is 6.26 Å². The molecule has 0 saturated carbocycles. The molecule has 1 heterocycles. The molecule has 0 spiro atoms. The van der Waals surface area contributed by atoms with Crippen LogP contribution >= 0.6 is 0 Å². The molecular formula is C20H26N2O5. The van der Waals surface area contributed by atoms with Gasteiger partial charge in [0, 0.05) is 25.2 Å². The maximum atomic E-state index is 12.9. The van der Waals surface area contributed by atoms with Crippen molar-refractivity contribution < 1.29 is 23.5 Å². The standard InChI is InChI=1S/C20H26N2O5/c1-13(2)18(21-19(23)16-7-6-10-27-16)20(24)22(3)12-14-8-9-15(25-4)11-17(14)26-5/h6-11,13,18H,12H2,1-5H3,(H,21,23). The lowest BCUT2D eigenvalue weighted by Gasteiger charge is -2.27. The van der Waals surface area contributed by atoms with E-state index < -0.39 is 11.9 Å². The van der Waals surface area contributed by atoms with E-state index in [0.29, 0.717) is 18.0 Å². The van der Waals surface area contributed by atoms with Gasteiger partial charge in [0.25, 0.3) is 5.91 Å². The second-order valence-electron chi connectivity index (χ2n) is 6.54. The number of amides is 2. The highest BCUT2D eigenvalue weighted by Gasteiger charge is 2.28. The fraction of sp³-hybridized carbons (Fsp3) is 0.400. The van der Waals surface area contributed by atoms with E-state index >= 15 is 0 Å². The molecule has 0 aliphatic carbocycles. The number of hydrogen-bond acceptors (Lipinski definition) is 5. The summed E-state index contributed by atoms with van der Waals surface area (Å²) in [5.41, 5.74) is 0.842. The highest BCUT2D eigenvalue weighted by Crippen LogP contribution is 2.25. The maximum absolute atomic E-state index is 12.9. The molecule has 1 aromatic carbocycles. The predicted octanol–water partition coefficient (Wildman–Crippen LogP) is 2.71.